The fourth-order valence-electron chi connectivity index (χ4n) is 2.94. The van der Waals surface area contributed by atoms with Gasteiger partial charge in [-0.05, 0) is 66.9 Å². The second-order valence-corrected chi connectivity index (χ2v) is 8.51. The normalized spacial score (nSPS) is 14.3. The maximum absolute atomic E-state index is 12.8. The van der Waals surface area contributed by atoms with Crippen LogP contribution >= 0.6 is 23.5 Å². The van der Waals surface area contributed by atoms with Crippen LogP contribution < -0.4 is 14.8 Å². The Balaban J connectivity index is 1.71. The molecule has 1 aliphatic rings. The molecule has 0 aliphatic carbocycles. The van der Waals surface area contributed by atoms with E-state index in [0.29, 0.717) is 29.4 Å². The number of ether oxygens (including phenoxy) is 2. The van der Waals surface area contributed by atoms with Gasteiger partial charge in [0.05, 0.1) is 11.5 Å². The zero-order valence-corrected chi connectivity index (χ0v) is 19.6. The summed E-state index contributed by atoms with van der Waals surface area (Å²) in [6.45, 7) is 1.70. The molecule has 1 N–H and O–H groups in total. The van der Waals surface area contributed by atoms with E-state index < -0.39 is 17.1 Å². The Morgan fingerprint density at radius 2 is 2.03 bits per heavy atom. The molecule has 1 heterocycles. The van der Waals surface area contributed by atoms with Gasteiger partial charge in [0, 0.05) is 10.6 Å². The summed E-state index contributed by atoms with van der Waals surface area (Å²) in [5, 5.41) is 10.9. The van der Waals surface area contributed by atoms with Crippen LogP contribution in [0.25, 0.3) is 6.08 Å². The third-order valence-corrected chi connectivity index (χ3v) is 6.02. The van der Waals surface area contributed by atoms with Crippen molar-refractivity contribution in [3.8, 4) is 17.6 Å². The SMILES string of the molecule is CCOc1cc(/C=C2\SC(=O)N(CC(=O)Nc3cccc(SC)c3)C2=O)ccc1OCC#N. The van der Waals surface area contributed by atoms with E-state index in [4.69, 9.17) is 14.7 Å². The molecule has 0 radical (unpaired) electrons. The molecular weight excluding hydrogens is 462 g/mol. The van der Waals surface area contributed by atoms with E-state index in [0.717, 1.165) is 21.6 Å². The van der Waals surface area contributed by atoms with Crippen LogP contribution in [0.1, 0.15) is 12.5 Å². The zero-order valence-electron chi connectivity index (χ0n) is 18.0. The molecule has 2 aromatic rings. The number of rotatable bonds is 9. The minimum Gasteiger partial charge on any atom is -0.490 e. The van der Waals surface area contributed by atoms with Crippen LogP contribution in [0.4, 0.5) is 10.5 Å². The first-order valence-corrected chi connectivity index (χ1v) is 11.9. The first kappa shape index (κ1) is 24.2. The molecule has 1 saturated heterocycles. The Morgan fingerprint density at radius 3 is 2.76 bits per heavy atom. The maximum Gasteiger partial charge on any atom is 0.294 e. The van der Waals surface area contributed by atoms with Crippen molar-refractivity contribution in [3.05, 3.63) is 52.9 Å². The van der Waals surface area contributed by atoms with Gasteiger partial charge in [-0.3, -0.25) is 19.3 Å². The number of hydrogen-bond donors (Lipinski definition) is 1. The number of imide groups is 1. The molecule has 10 heteroatoms. The van der Waals surface area contributed by atoms with Gasteiger partial charge >= 0.3 is 0 Å². The Bertz CT molecular complexity index is 1140. The quantitative estimate of drug-likeness (QED) is 0.413. The van der Waals surface area contributed by atoms with Crippen molar-refractivity contribution in [2.75, 3.05) is 31.3 Å². The Kier molecular flexibility index (Phi) is 8.40. The molecule has 8 nitrogen and oxygen atoms in total. The second-order valence-electron chi connectivity index (χ2n) is 6.63. The second kappa shape index (κ2) is 11.4. The molecule has 0 bridgehead atoms. The summed E-state index contributed by atoms with van der Waals surface area (Å²) < 4.78 is 10.9. The molecule has 0 saturated carbocycles. The molecular formula is C23H21N3O5S2. The molecule has 0 unspecified atom stereocenters. The molecule has 0 aromatic heterocycles. The maximum atomic E-state index is 12.8. The van der Waals surface area contributed by atoms with Crippen molar-refractivity contribution in [2.45, 2.75) is 11.8 Å². The Labute approximate surface area is 199 Å². The molecule has 3 amide bonds. The van der Waals surface area contributed by atoms with Crippen LogP contribution in [0.3, 0.4) is 0 Å². The lowest BCUT2D eigenvalue weighted by Crippen LogP contribution is -2.36. The number of benzene rings is 2. The highest BCUT2D eigenvalue weighted by molar-refractivity contribution is 8.18. The molecule has 0 atom stereocenters. The van der Waals surface area contributed by atoms with Crippen molar-refractivity contribution < 1.29 is 23.9 Å². The fraction of sp³-hybridized carbons (Fsp3) is 0.217. The summed E-state index contributed by atoms with van der Waals surface area (Å²) in [7, 11) is 0. The van der Waals surface area contributed by atoms with E-state index in [1.54, 1.807) is 42.1 Å². The molecule has 0 spiro atoms. The first-order valence-electron chi connectivity index (χ1n) is 9.91. The molecule has 3 rings (SSSR count). The predicted octanol–water partition coefficient (Wildman–Crippen LogP) is 4.38. The van der Waals surface area contributed by atoms with Gasteiger partial charge in [0.15, 0.2) is 18.1 Å². The van der Waals surface area contributed by atoms with Crippen molar-refractivity contribution in [3.63, 3.8) is 0 Å². The summed E-state index contributed by atoms with van der Waals surface area (Å²) in [5.74, 6) is -0.173. The number of nitrogens with zero attached hydrogens (tertiary/aromatic N) is 2. The van der Waals surface area contributed by atoms with Gasteiger partial charge in [0.25, 0.3) is 11.1 Å². The molecule has 170 valence electrons. The van der Waals surface area contributed by atoms with Gasteiger partial charge in [-0.2, -0.15) is 5.26 Å². The van der Waals surface area contributed by atoms with Gasteiger partial charge in [0.2, 0.25) is 5.91 Å². The summed E-state index contributed by atoms with van der Waals surface area (Å²) in [6.07, 6.45) is 3.49. The summed E-state index contributed by atoms with van der Waals surface area (Å²) in [5.41, 5.74) is 1.21. The minimum absolute atomic E-state index is 0.123. The van der Waals surface area contributed by atoms with E-state index in [-0.39, 0.29) is 18.1 Å². The lowest BCUT2D eigenvalue weighted by molar-refractivity contribution is -0.127. The molecule has 1 aliphatic heterocycles. The monoisotopic (exact) mass is 483 g/mol. The van der Waals surface area contributed by atoms with Crippen LogP contribution in [0.5, 0.6) is 11.5 Å². The van der Waals surface area contributed by atoms with Gasteiger partial charge in [-0.15, -0.1) is 11.8 Å². The van der Waals surface area contributed by atoms with Crippen LogP contribution in [-0.4, -0.2) is 48.0 Å². The number of hydrogen-bond acceptors (Lipinski definition) is 8. The van der Waals surface area contributed by atoms with Gasteiger partial charge in [0.1, 0.15) is 12.6 Å². The molecule has 33 heavy (non-hydrogen) atoms. The number of thioether (sulfide) groups is 2. The van der Waals surface area contributed by atoms with E-state index in [1.807, 2.05) is 37.4 Å². The van der Waals surface area contributed by atoms with Crippen molar-refractivity contribution in [1.82, 2.24) is 4.90 Å². The van der Waals surface area contributed by atoms with Crippen LogP contribution in [0.15, 0.2) is 52.3 Å². The first-order chi connectivity index (χ1) is 15.9. The van der Waals surface area contributed by atoms with Gasteiger partial charge in [-0.1, -0.05) is 12.1 Å². The smallest absolute Gasteiger partial charge is 0.294 e. The average Bonchev–Trinajstić information content (AvgIpc) is 3.06. The van der Waals surface area contributed by atoms with E-state index in [9.17, 15) is 14.4 Å². The third kappa shape index (κ3) is 6.31. The van der Waals surface area contributed by atoms with Crippen molar-refractivity contribution in [2.24, 2.45) is 0 Å². The Hall–Kier alpha value is -3.42. The lowest BCUT2D eigenvalue weighted by Gasteiger charge is -2.13. The van der Waals surface area contributed by atoms with Gasteiger partial charge < -0.3 is 14.8 Å². The standard InChI is InChI=1S/C23H21N3O5S2/c1-3-30-19-11-15(7-8-18(19)31-10-9-24)12-20-22(28)26(23(29)33-20)14-21(27)25-16-5-4-6-17(13-16)32-2/h4-8,11-13H,3,10,14H2,1-2H3,(H,25,27)/b20-12-. The molecule has 1 fully saturated rings. The van der Waals surface area contributed by atoms with Crippen LogP contribution in [0.2, 0.25) is 0 Å². The summed E-state index contributed by atoms with van der Waals surface area (Å²) >= 11 is 2.31. The largest absolute Gasteiger partial charge is 0.490 e. The van der Waals surface area contributed by atoms with E-state index >= 15 is 0 Å². The topological polar surface area (TPSA) is 109 Å². The third-order valence-electron chi connectivity index (χ3n) is 4.39. The number of carbonyl (C=O) groups is 3. The summed E-state index contributed by atoms with van der Waals surface area (Å²) in [6, 6.07) is 14.2. The molecule has 2 aromatic carbocycles. The zero-order chi connectivity index (χ0) is 23.8. The van der Waals surface area contributed by atoms with Gasteiger partial charge in [-0.25, -0.2) is 0 Å². The number of nitrogens with one attached hydrogen (secondary N) is 1. The lowest BCUT2D eigenvalue weighted by atomic mass is 10.2. The number of carbonyl (C=O) groups excluding carboxylic acids is 3. The number of nitriles is 1. The Morgan fingerprint density at radius 1 is 1.21 bits per heavy atom. The highest BCUT2D eigenvalue weighted by atomic mass is 32.2. The van der Waals surface area contributed by atoms with Crippen LogP contribution in [-0.2, 0) is 9.59 Å². The van der Waals surface area contributed by atoms with Crippen molar-refractivity contribution in [1.29, 1.82) is 5.26 Å². The fourth-order valence-corrected chi connectivity index (χ4v) is 4.24. The van der Waals surface area contributed by atoms with Crippen LogP contribution in [0, 0.1) is 11.3 Å². The average molecular weight is 484 g/mol. The number of anilines is 1. The van der Waals surface area contributed by atoms with E-state index in [1.165, 1.54) is 0 Å². The predicted molar refractivity (Wildman–Crippen MR) is 128 cm³/mol. The minimum atomic E-state index is -0.541. The number of amides is 3. The highest BCUT2D eigenvalue weighted by Crippen LogP contribution is 2.34. The highest BCUT2D eigenvalue weighted by Gasteiger charge is 2.36. The summed E-state index contributed by atoms with van der Waals surface area (Å²) in [4.78, 5) is 39.7. The van der Waals surface area contributed by atoms with Crippen molar-refractivity contribution >= 4 is 52.3 Å². The van der Waals surface area contributed by atoms with E-state index in [2.05, 4.69) is 5.32 Å².